The number of hydrogen-bond donors (Lipinski definition) is 1. The molecule has 0 bridgehead atoms. The molecule has 0 aromatic carbocycles. The second kappa shape index (κ2) is 3.75. The largest absolute Gasteiger partial charge is 0.313 e. The average molecular weight is 212 g/mol. The van der Waals surface area contributed by atoms with Gasteiger partial charge in [-0.3, -0.25) is 4.68 Å². The Kier molecular flexibility index (Phi) is 2.61. The fourth-order valence-electron chi connectivity index (χ4n) is 1.72. The number of aromatic nitrogens is 2. The zero-order valence-electron chi connectivity index (χ0n) is 8.47. The molecule has 0 radical (unpaired) electrons. The molecular weight excluding hydrogens is 198 g/mol. The fraction of sp³-hybridized carbons (Fsp3) is 0.500. The number of nitrogens with zero attached hydrogens (tertiary/aromatic N) is 2. The number of hydrogen-bond acceptors (Lipinski definition) is 2. The summed E-state index contributed by atoms with van der Waals surface area (Å²) in [6.07, 6.45) is 3.27. The van der Waals surface area contributed by atoms with Crippen molar-refractivity contribution in [3.05, 3.63) is 22.0 Å². The number of aryl methyl sites for hydroxylation is 2. The van der Waals surface area contributed by atoms with Gasteiger partial charge in [0.1, 0.15) is 5.15 Å². The van der Waals surface area contributed by atoms with Crippen molar-refractivity contribution in [3.63, 3.8) is 0 Å². The molecule has 0 amide bonds. The van der Waals surface area contributed by atoms with Crippen molar-refractivity contribution < 1.29 is 0 Å². The lowest BCUT2D eigenvalue weighted by Crippen LogP contribution is -2.04. The first kappa shape index (κ1) is 9.74. The van der Waals surface area contributed by atoms with E-state index >= 15 is 0 Å². The molecule has 1 aromatic rings. The van der Waals surface area contributed by atoms with Gasteiger partial charge in [-0.25, -0.2) is 0 Å². The SMILES string of the molecule is Cc1nn(C)c(Cl)c1/C=C1/CCNC1. The molecule has 0 atom stereocenters. The summed E-state index contributed by atoms with van der Waals surface area (Å²) in [6, 6.07) is 0. The van der Waals surface area contributed by atoms with Gasteiger partial charge in [-0.2, -0.15) is 5.10 Å². The van der Waals surface area contributed by atoms with Gasteiger partial charge in [0.25, 0.3) is 0 Å². The topological polar surface area (TPSA) is 29.9 Å². The number of halogens is 1. The van der Waals surface area contributed by atoms with Crippen molar-refractivity contribution in [2.75, 3.05) is 13.1 Å². The van der Waals surface area contributed by atoms with Crippen LogP contribution in [-0.4, -0.2) is 22.9 Å². The molecule has 2 heterocycles. The Balaban J connectivity index is 2.36. The highest BCUT2D eigenvalue weighted by molar-refractivity contribution is 6.31. The van der Waals surface area contributed by atoms with Crippen LogP contribution in [0, 0.1) is 6.92 Å². The van der Waals surface area contributed by atoms with Gasteiger partial charge >= 0.3 is 0 Å². The third-order valence-corrected chi connectivity index (χ3v) is 2.97. The third-order valence-electron chi connectivity index (χ3n) is 2.52. The summed E-state index contributed by atoms with van der Waals surface area (Å²) in [7, 11) is 1.87. The van der Waals surface area contributed by atoms with E-state index in [4.69, 9.17) is 11.6 Å². The van der Waals surface area contributed by atoms with Gasteiger partial charge < -0.3 is 5.32 Å². The van der Waals surface area contributed by atoms with Gasteiger partial charge in [0.05, 0.1) is 5.69 Å². The van der Waals surface area contributed by atoms with Crippen molar-refractivity contribution in [1.29, 1.82) is 0 Å². The normalized spacial score (nSPS) is 19.5. The Morgan fingerprint density at radius 2 is 2.36 bits per heavy atom. The van der Waals surface area contributed by atoms with Gasteiger partial charge in [0.15, 0.2) is 0 Å². The van der Waals surface area contributed by atoms with Gasteiger partial charge in [-0.1, -0.05) is 17.2 Å². The molecule has 2 rings (SSSR count). The summed E-state index contributed by atoms with van der Waals surface area (Å²) in [4.78, 5) is 0. The summed E-state index contributed by atoms with van der Waals surface area (Å²) in [5.41, 5.74) is 3.47. The molecule has 1 saturated heterocycles. The van der Waals surface area contributed by atoms with Crippen LogP contribution in [0.25, 0.3) is 6.08 Å². The van der Waals surface area contributed by atoms with Crippen LogP contribution in [-0.2, 0) is 7.05 Å². The standard InChI is InChI=1S/C10H14ClN3/c1-7-9(10(11)14(2)13-7)5-8-3-4-12-6-8/h5,12H,3-4,6H2,1-2H3/b8-5-. The van der Waals surface area contributed by atoms with Crippen LogP contribution in [0.3, 0.4) is 0 Å². The highest BCUT2D eigenvalue weighted by Gasteiger charge is 2.11. The van der Waals surface area contributed by atoms with Gasteiger partial charge in [0.2, 0.25) is 0 Å². The molecule has 4 heteroatoms. The molecule has 3 nitrogen and oxygen atoms in total. The summed E-state index contributed by atoms with van der Waals surface area (Å²) in [5.74, 6) is 0. The maximum Gasteiger partial charge on any atom is 0.134 e. The Hall–Kier alpha value is -0.800. The second-order valence-corrected chi connectivity index (χ2v) is 4.00. The summed E-state index contributed by atoms with van der Waals surface area (Å²) >= 11 is 6.13. The number of nitrogens with one attached hydrogen (secondary N) is 1. The van der Waals surface area contributed by atoms with Crippen LogP contribution in [0.1, 0.15) is 17.7 Å². The number of rotatable bonds is 1. The highest BCUT2D eigenvalue weighted by atomic mass is 35.5. The maximum atomic E-state index is 6.13. The zero-order valence-corrected chi connectivity index (χ0v) is 9.23. The van der Waals surface area contributed by atoms with Crippen LogP contribution in [0.2, 0.25) is 5.15 Å². The van der Waals surface area contributed by atoms with Crippen molar-refractivity contribution in [2.45, 2.75) is 13.3 Å². The first-order chi connectivity index (χ1) is 6.68. The minimum absolute atomic E-state index is 0.724. The predicted molar refractivity (Wildman–Crippen MR) is 58.4 cm³/mol. The molecule has 0 aliphatic carbocycles. The molecule has 14 heavy (non-hydrogen) atoms. The molecule has 1 aliphatic rings. The van der Waals surface area contributed by atoms with Gasteiger partial charge in [-0.05, 0) is 26.0 Å². The van der Waals surface area contributed by atoms with Crippen molar-refractivity contribution in [1.82, 2.24) is 15.1 Å². The molecule has 1 aliphatic heterocycles. The lowest BCUT2D eigenvalue weighted by Gasteiger charge is -1.95. The Morgan fingerprint density at radius 3 is 2.86 bits per heavy atom. The van der Waals surface area contributed by atoms with Gasteiger partial charge in [0, 0.05) is 19.2 Å². The Bertz CT molecular complexity index is 371. The van der Waals surface area contributed by atoms with E-state index in [0.717, 1.165) is 35.9 Å². The fourth-order valence-corrected chi connectivity index (χ4v) is 1.95. The molecule has 0 saturated carbocycles. The first-order valence-corrected chi connectivity index (χ1v) is 5.15. The Morgan fingerprint density at radius 1 is 1.57 bits per heavy atom. The third kappa shape index (κ3) is 1.70. The van der Waals surface area contributed by atoms with E-state index in [1.165, 1.54) is 5.57 Å². The smallest absolute Gasteiger partial charge is 0.134 e. The molecule has 0 spiro atoms. The van der Waals surface area contributed by atoms with Crippen molar-refractivity contribution in [2.24, 2.45) is 7.05 Å². The predicted octanol–water partition coefficient (Wildman–Crippen LogP) is 1.76. The van der Waals surface area contributed by atoms with Crippen molar-refractivity contribution >= 4 is 17.7 Å². The van der Waals surface area contributed by atoms with E-state index in [1.54, 1.807) is 4.68 Å². The lowest BCUT2D eigenvalue weighted by atomic mass is 10.1. The molecule has 1 fully saturated rings. The highest BCUT2D eigenvalue weighted by Crippen LogP contribution is 2.23. The van der Waals surface area contributed by atoms with E-state index in [2.05, 4.69) is 16.5 Å². The average Bonchev–Trinajstić information content (AvgIpc) is 2.71. The van der Waals surface area contributed by atoms with Crippen LogP contribution < -0.4 is 5.32 Å². The second-order valence-electron chi connectivity index (χ2n) is 3.64. The van der Waals surface area contributed by atoms with E-state index in [0.29, 0.717) is 0 Å². The molecule has 76 valence electrons. The van der Waals surface area contributed by atoms with E-state index in [1.807, 2.05) is 14.0 Å². The quantitative estimate of drug-likeness (QED) is 0.767. The van der Waals surface area contributed by atoms with Crippen LogP contribution in [0.4, 0.5) is 0 Å². The van der Waals surface area contributed by atoms with E-state index in [9.17, 15) is 0 Å². The van der Waals surface area contributed by atoms with E-state index in [-0.39, 0.29) is 0 Å². The summed E-state index contributed by atoms with van der Waals surface area (Å²) in [5, 5.41) is 8.30. The van der Waals surface area contributed by atoms with E-state index < -0.39 is 0 Å². The lowest BCUT2D eigenvalue weighted by molar-refractivity contribution is 0.757. The zero-order chi connectivity index (χ0) is 10.1. The molecule has 1 N–H and O–H groups in total. The monoisotopic (exact) mass is 211 g/mol. The molecule has 0 unspecified atom stereocenters. The Labute approximate surface area is 88.8 Å². The van der Waals surface area contributed by atoms with Crippen LogP contribution in [0.15, 0.2) is 5.57 Å². The van der Waals surface area contributed by atoms with Crippen LogP contribution >= 0.6 is 11.6 Å². The molecule has 1 aromatic heterocycles. The van der Waals surface area contributed by atoms with Gasteiger partial charge in [-0.15, -0.1) is 0 Å². The van der Waals surface area contributed by atoms with Crippen molar-refractivity contribution in [3.8, 4) is 0 Å². The maximum absolute atomic E-state index is 6.13. The van der Waals surface area contributed by atoms with Crippen LogP contribution in [0.5, 0.6) is 0 Å². The molecular formula is C10H14ClN3. The minimum Gasteiger partial charge on any atom is -0.313 e. The summed E-state index contributed by atoms with van der Waals surface area (Å²) in [6.45, 7) is 4.04. The minimum atomic E-state index is 0.724. The first-order valence-electron chi connectivity index (χ1n) is 4.77. The summed E-state index contributed by atoms with van der Waals surface area (Å²) < 4.78 is 1.71.